The summed E-state index contributed by atoms with van der Waals surface area (Å²) in [4.78, 5) is 23.8. The van der Waals surface area contributed by atoms with Crippen LogP contribution in [-0.2, 0) is 11.3 Å². The van der Waals surface area contributed by atoms with Crippen molar-refractivity contribution >= 4 is 28.3 Å². The molecule has 0 saturated carbocycles. The maximum atomic E-state index is 11.9. The van der Waals surface area contributed by atoms with E-state index in [-0.39, 0.29) is 5.88 Å². The molecule has 2 heterocycles. The molecule has 7 heteroatoms. The number of aliphatic imine (C=N–C) groups is 1. The molecule has 162 valence electrons. The number of aromatic nitrogens is 2. The van der Waals surface area contributed by atoms with Gasteiger partial charge in [0.25, 0.3) is 0 Å². The number of nitrogens with one attached hydrogen (secondary N) is 2. The molecule has 4 aromatic rings. The van der Waals surface area contributed by atoms with Gasteiger partial charge in [-0.15, -0.1) is 0 Å². The molecule has 0 amide bonds. The first-order valence-electron chi connectivity index (χ1n) is 10.3. The van der Waals surface area contributed by atoms with E-state index in [2.05, 4.69) is 22.2 Å². The molecular formula is C25H24N4O3. The van der Waals surface area contributed by atoms with Crippen molar-refractivity contribution in [2.45, 2.75) is 13.5 Å². The predicted octanol–water partition coefficient (Wildman–Crippen LogP) is 4.33. The lowest BCUT2D eigenvalue weighted by Gasteiger charge is -2.08. The molecule has 0 atom stereocenters. The Morgan fingerprint density at radius 3 is 2.53 bits per heavy atom. The molecule has 0 fully saturated rings. The minimum atomic E-state index is -0.441. The zero-order valence-corrected chi connectivity index (χ0v) is 17.9. The van der Waals surface area contributed by atoms with Gasteiger partial charge in [-0.2, -0.15) is 0 Å². The van der Waals surface area contributed by atoms with Gasteiger partial charge in [-0.25, -0.2) is 9.79 Å². The third-order valence-electron chi connectivity index (χ3n) is 5.15. The van der Waals surface area contributed by atoms with Gasteiger partial charge in [-0.1, -0.05) is 25.1 Å². The topological polar surface area (TPSA) is 99.6 Å². The Balaban J connectivity index is 1.83. The molecule has 0 aliphatic heterocycles. The second kappa shape index (κ2) is 9.45. The maximum Gasteiger partial charge on any atom is 0.337 e. The van der Waals surface area contributed by atoms with E-state index in [1.807, 2.05) is 36.4 Å². The molecule has 0 aliphatic carbocycles. The third kappa shape index (κ3) is 4.38. The number of carbonyl (C=O) groups excluding carboxylic acids is 1. The number of methoxy groups -OCH3 is 1. The highest BCUT2D eigenvalue weighted by atomic mass is 16.5. The SMILES string of the molecule is CCNCc1ccc(N=C(c2ccncc2)c2c(O)[nH]c3cc(C(=O)OC)ccc23)cc1. The minimum absolute atomic E-state index is 0.0265. The summed E-state index contributed by atoms with van der Waals surface area (Å²) in [6, 6.07) is 16.8. The van der Waals surface area contributed by atoms with E-state index in [1.165, 1.54) is 12.7 Å². The van der Waals surface area contributed by atoms with Gasteiger partial charge in [0.05, 0.1) is 29.6 Å². The summed E-state index contributed by atoms with van der Waals surface area (Å²) in [6.07, 6.45) is 3.37. The van der Waals surface area contributed by atoms with Gasteiger partial charge in [-0.05, 0) is 48.5 Å². The molecule has 0 bridgehead atoms. The van der Waals surface area contributed by atoms with Crippen LogP contribution in [0, 0.1) is 0 Å². The van der Waals surface area contributed by atoms with Crippen molar-refractivity contribution in [3.8, 4) is 5.88 Å². The Kier molecular flexibility index (Phi) is 6.28. The molecule has 0 radical (unpaired) electrons. The summed E-state index contributed by atoms with van der Waals surface area (Å²) in [5.41, 5.74) is 4.90. The molecule has 0 saturated heterocycles. The predicted molar refractivity (Wildman–Crippen MR) is 125 cm³/mol. The van der Waals surface area contributed by atoms with Crippen LogP contribution in [0.25, 0.3) is 10.9 Å². The first-order chi connectivity index (χ1) is 15.6. The van der Waals surface area contributed by atoms with Crippen LogP contribution in [0.2, 0.25) is 0 Å². The number of ether oxygens (including phenoxy) is 1. The number of benzene rings is 2. The van der Waals surface area contributed by atoms with E-state index in [0.29, 0.717) is 22.4 Å². The van der Waals surface area contributed by atoms with Crippen molar-refractivity contribution < 1.29 is 14.6 Å². The summed E-state index contributed by atoms with van der Waals surface area (Å²) in [6.45, 7) is 3.77. The van der Waals surface area contributed by atoms with Gasteiger partial charge >= 0.3 is 5.97 Å². The molecule has 2 aromatic heterocycles. The number of aromatic hydroxyl groups is 1. The first kappa shape index (κ1) is 21.3. The Bertz CT molecular complexity index is 1260. The normalized spacial score (nSPS) is 11.6. The van der Waals surface area contributed by atoms with Crippen LogP contribution in [0.15, 0.2) is 72.0 Å². The van der Waals surface area contributed by atoms with Crippen molar-refractivity contribution in [3.63, 3.8) is 0 Å². The first-order valence-corrected chi connectivity index (χ1v) is 10.3. The van der Waals surface area contributed by atoms with Crippen LogP contribution in [0.4, 0.5) is 5.69 Å². The number of esters is 1. The number of nitrogens with zero attached hydrogens (tertiary/aromatic N) is 2. The Hall–Kier alpha value is -3.97. The van der Waals surface area contributed by atoms with E-state index in [1.54, 1.807) is 30.6 Å². The standard InChI is InChI=1S/C25H24N4O3/c1-3-26-15-16-4-7-19(8-5-16)28-23(17-10-12-27-13-11-17)22-20-9-6-18(25(31)32-2)14-21(20)29-24(22)30/h4-14,26,29-30H,3,15H2,1-2H3. The smallest absolute Gasteiger partial charge is 0.337 e. The molecule has 0 unspecified atom stereocenters. The summed E-state index contributed by atoms with van der Waals surface area (Å²) >= 11 is 0. The van der Waals surface area contributed by atoms with Crippen LogP contribution in [0.1, 0.15) is 34.0 Å². The molecule has 32 heavy (non-hydrogen) atoms. The van der Waals surface area contributed by atoms with E-state index < -0.39 is 5.97 Å². The molecule has 3 N–H and O–H groups in total. The Labute approximate surface area is 185 Å². The van der Waals surface area contributed by atoms with Crippen molar-refractivity contribution in [3.05, 3.63) is 89.2 Å². The number of rotatable bonds is 7. The zero-order chi connectivity index (χ0) is 22.5. The lowest BCUT2D eigenvalue weighted by atomic mass is 10.0. The van der Waals surface area contributed by atoms with Gasteiger partial charge < -0.3 is 20.1 Å². The average molecular weight is 428 g/mol. The lowest BCUT2D eigenvalue weighted by Crippen LogP contribution is -2.11. The minimum Gasteiger partial charge on any atom is -0.494 e. The van der Waals surface area contributed by atoms with Gasteiger partial charge in [0.15, 0.2) is 5.88 Å². The van der Waals surface area contributed by atoms with Crippen LogP contribution < -0.4 is 5.32 Å². The molecule has 0 aliphatic rings. The average Bonchev–Trinajstić information content (AvgIpc) is 3.16. The fourth-order valence-electron chi connectivity index (χ4n) is 3.53. The summed E-state index contributed by atoms with van der Waals surface area (Å²) < 4.78 is 4.80. The van der Waals surface area contributed by atoms with Crippen molar-refractivity contribution in [1.29, 1.82) is 0 Å². The Morgan fingerprint density at radius 2 is 1.84 bits per heavy atom. The molecular weight excluding hydrogens is 404 g/mol. The largest absolute Gasteiger partial charge is 0.494 e. The highest BCUT2D eigenvalue weighted by molar-refractivity contribution is 6.22. The van der Waals surface area contributed by atoms with Crippen LogP contribution in [0.3, 0.4) is 0 Å². The van der Waals surface area contributed by atoms with Gasteiger partial charge in [0.2, 0.25) is 0 Å². The molecule has 0 spiro atoms. The molecule has 7 nitrogen and oxygen atoms in total. The second-order valence-corrected chi connectivity index (χ2v) is 7.24. The van der Waals surface area contributed by atoms with E-state index in [0.717, 1.165) is 29.7 Å². The van der Waals surface area contributed by atoms with Crippen molar-refractivity contribution in [2.75, 3.05) is 13.7 Å². The van der Waals surface area contributed by atoms with E-state index >= 15 is 0 Å². The maximum absolute atomic E-state index is 11.9. The highest BCUT2D eigenvalue weighted by Gasteiger charge is 2.20. The Morgan fingerprint density at radius 1 is 1.09 bits per heavy atom. The fourth-order valence-corrected chi connectivity index (χ4v) is 3.53. The number of fused-ring (bicyclic) bond motifs is 1. The summed E-state index contributed by atoms with van der Waals surface area (Å²) in [7, 11) is 1.34. The molecule has 4 rings (SSSR count). The van der Waals surface area contributed by atoms with E-state index in [9.17, 15) is 9.90 Å². The number of pyridine rings is 1. The lowest BCUT2D eigenvalue weighted by molar-refractivity contribution is 0.0601. The van der Waals surface area contributed by atoms with Crippen molar-refractivity contribution in [2.24, 2.45) is 4.99 Å². The van der Waals surface area contributed by atoms with E-state index in [4.69, 9.17) is 9.73 Å². The van der Waals surface area contributed by atoms with Gasteiger partial charge in [-0.3, -0.25) is 4.98 Å². The number of carbonyl (C=O) groups is 1. The fraction of sp³-hybridized carbons (Fsp3) is 0.160. The number of hydrogen-bond donors (Lipinski definition) is 3. The monoisotopic (exact) mass is 428 g/mol. The van der Waals surface area contributed by atoms with Crippen LogP contribution in [-0.4, -0.2) is 40.4 Å². The van der Waals surface area contributed by atoms with Crippen molar-refractivity contribution in [1.82, 2.24) is 15.3 Å². The van der Waals surface area contributed by atoms with Crippen LogP contribution in [0.5, 0.6) is 5.88 Å². The highest BCUT2D eigenvalue weighted by Crippen LogP contribution is 2.32. The van der Waals surface area contributed by atoms with Gasteiger partial charge in [0, 0.05) is 35.4 Å². The van der Waals surface area contributed by atoms with Gasteiger partial charge in [0.1, 0.15) is 0 Å². The number of aromatic amines is 1. The summed E-state index contributed by atoms with van der Waals surface area (Å²) in [5.74, 6) is -0.468. The quantitative estimate of drug-likeness (QED) is 0.300. The second-order valence-electron chi connectivity index (χ2n) is 7.24. The zero-order valence-electron chi connectivity index (χ0n) is 17.9. The molecule has 2 aromatic carbocycles. The number of H-pyrrole nitrogens is 1. The third-order valence-corrected chi connectivity index (χ3v) is 5.15. The van der Waals surface area contributed by atoms with Crippen LogP contribution >= 0.6 is 0 Å². The number of hydrogen-bond acceptors (Lipinski definition) is 6. The summed E-state index contributed by atoms with van der Waals surface area (Å²) in [5, 5.41) is 14.8.